The standard InChI is InChI=1S/C13H16BrFN2O3/c1-17(2)12(18)4-3-5-20-13(19)8-6-11(16)10(15)7-9(8)14/h6-7H,3-5,16H2,1-2H3. The molecule has 1 aromatic rings. The Balaban J connectivity index is 2.52. The van der Waals surface area contributed by atoms with Gasteiger partial charge in [0.15, 0.2) is 0 Å². The van der Waals surface area contributed by atoms with Crippen LogP contribution in [0, 0.1) is 5.82 Å². The smallest absolute Gasteiger partial charge is 0.339 e. The van der Waals surface area contributed by atoms with E-state index in [4.69, 9.17) is 10.5 Å². The van der Waals surface area contributed by atoms with Gasteiger partial charge in [0.05, 0.1) is 17.9 Å². The summed E-state index contributed by atoms with van der Waals surface area (Å²) >= 11 is 3.08. The summed E-state index contributed by atoms with van der Waals surface area (Å²) in [7, 11) is 3.32. The van der Waals surface area contributed by atoms with Gasteiger partial charge in [-0.05, 0) is 34.5 Å². The van der Waals surface area contributed by atoms with Gasteiger partial charge in [-0.2, -0.15) is 0 Å². The van der Waals surface area contributed by atoms with Crippen LogP contribution in [-0.2, 0) is 9.53 Å². The molecule has 110 valence electrons. The van der Waals surface area contributed by atoms with Gasteiger partial charge >= 0.3 is 5.97 Å². The largest absolute Gasteiger partial charge is 0.462 e. The SMILES string of the molecule is CN(C)C(=O)CCCOC(=O)c1cc(N)c(F)cc1Br. The Morgan fingerprint density at radius 3 is 2.65 bits per heavy atom. The highest BCUT2D eigenvalue weighted by Crippen LogP contribution is 2.23. The summed E-state index contributed by atoms with van der Waals surface area (Å²) in [6.07, 6.45) is 0.726. The Kier molecular flexibility index (Phi) is 5.94. The Hall–Kier alpha value is -1.63. The van der Waals surface area contributed by atoms with Crippen LogP contribution < -0.4 is 5.73 Å². The second-order valence-corrected chi connectivity index (χ2v) is 5.24. The summed E-state index contributed by atoms with van der Waals surface area (Å²) in [5.74, 6) is -1.25. The van der Waals surface area contributed by atoms with Crippen molar-refractivity contribution in [2.75, 3.05) is 26.4 Å². The lowest BCUT2D eigenvalue weighted by atomic mass is 10.2. The minimum absolute atomic E-state index is 0.0340. The number of anilines is 1. The van der Waals surface area contributed by atoms with Crippen LogP contribution in [0.2, 0.25) is 0 Å². The molecule has 0 heterocycles. The van der Waals surface area contributed by atoms with Gasteiger partial charge in [-0.25, -0.2) is 9.18 Å². The Morgan fingerprint density at radius 1 is 1.40 bits per heavy atom. The molecule has 0 spiro atoms. The number of halogens is 2. The predicted molar refractivity (Wildman–Crippen MR) is 76.7 cm³/mol. The van der Waals surface area contributed by atoms with E-state index in [0.717, 1.165) is 6.07 Å². The van der Waals surface area contributed by atoms with Crippen molar-refractivity contribution in [3.63, 3.8) is 0 Å². The number of nitrogens with two attached hydrogens (primary N) is 1. The number of hydrogen-bond donors (Lipinski definition) is 1. The third-order valence-corrected chi connectivity index (χ3v) is 3.23. The number of carbonyl (C=O) groups is 2. The molecule has 5 nitrogen and oxygen atoms in total. The van der Waals surface area contributed by atoms with Crippen molar-refractivity contribution >= 4 is 33.5 Å². The zero-order valence-corrected chi connectivity index (χ0v) is 12.9. The molecule has 2 N–H and O–H groups in total. The van der Waals surface area contributed by atoms with Crippen molar-refractivity contribution in [2.45, 2.75) is 12.8 Å². The molecule has 20 heavy (non-hydrogen) atoms. The van der Waals surface area contributed by atoms with Crippen molar-refractivity contribution in [1.29, 1.82) is 0 Å². The van der Waals surface area contributed by atoms with Gasteiger partial charge in [0.25, 0.3) is 0 Å². The summed E-state index contributed by atoms with van der Waals surface area (Å²) < 4.78 is 18.4. The first-order chi connectivity index (χ1) is 9.32. The van der Waals surface area contributed by atoms with Crippen molar-refractivity contribution in [1.82, 2.24) is 4.90 Å². The molecule has 0 bridgehead atoms. The third kappa shape index (κ3) is 4.48. The first kappa shape index (κ1) is 16.4. The number of amides is 1. The van der Waals surface area contributed by atoms with Crippen molar-refractivity contribution < 1.29 is 18.7 Å². The van der Waals surface area contributed by atoms with Crippen LogP contribution in [0.3, 0.4) is 0 Å². The number of nitrogen functional groups attached to an aromatic ring is 1. The number of rotatable bonds is 5. The minimum Gasteiger partial charge on any atom is -0.462 e. The van der Waals surface area contributed by atoms with Gasteiger partial charge in [0.2, 0.25) is 5.91 Å². The van der Waals surface area contributed by atoms with Gasteiger partial charge in [-0.1, -0.05) is 0 Å². The number of ether oxygens (including phenoxy) is 1. The zero-order chi connectivity index (χ0) is 15.3. The maximum atomic E-state index is 13.1. The highest BCUT2D eigenvalue weighted by Gasteiger charge is 2.15. The van der Waals surface area contributed by atoms with E-state index in [1.165, 1.54) is 11.0 Å². The molecular weight excluding hydrogens is 331 g/mol. The van der Waals surface area contributed by atoms with Crippen LogP contribution in [0.5, 0.6) is 0 Å². The molecule has 0 fully saturated rings. The van der Waals surface area contributed by atoms with Crippen LogP contribution in [-0.4, -0.2) is 37.5 Å². The third-order valence-electron chi connectivity index (χ3n) is 2.57. The molecular formula is C13H16BrFN2O3. The lowest BCUT2D eigenvalue weighted by molar-refractivity contribution is -0.128. The maximum absolute atomic E-state index is 13.1. The van der Waals surface area contributed by atoms with Gasteiger partial charge in [0, 0.05) is 25.0 Å². The fourth-order valence-corrected chi connectivity index (χ4v) is 1.89. The number of nitrogens with zero attached hydrogens (tertiary/aromatic N) is 1. The summed E-state index contributed by atoms with van der Waals surface area (Å²) in [5.41, 5.74) is 5.43. The molecule has 0 aliphatic heterocycles. The van der Waals surface area contributed by atoms with Crippen LogP contribution in [0.1, 0.15) is 23.2 Å². The average molecular weight is 347 g/mol. The Labute approximate surface area is 125 Å². The van der Waals surface area contributed by atoms with E-state index in [0.29, 0.717) is 12.8 Å². The minimum atomic E-state index is -0.610. The number of esters is 1. The molecule has 0 aromatic heterocycles. The molecule has 0 saturated heterocycles. The Morgan fingerprint density at radius 2 is 2.05 bits per heavy atom. The van der Waals surface area contributed by atoms with E-state index in [2.05, 4.69) is 15.9 Å². The molecule has 1 aromatic carbocycles. The maximum Gasteiger partial charge on any atom is 0.339 e. The van der Waals surface area contributed by atoms with Crippen LogP contribution in [0.25, 0.3) is 0 Å². The summed E-state index contributed by atoms with van der Waals surface area (Å²) in [6, 6.07) is 2.33. The molecule has 0 aliphatic carbocycles. The summed E-state index contributed by atoms with van der Waals surface area (Å²) in [4.78, 5) is 24.6. The molecule has 1 rings (SSSR count). The lowest BCUT2D eigenvalue weighted by Crippen LogP contribution is -2.21. The predicted octanol–water partition coefficient (Wildman–Crippen LogP) is 2.20. The number of benzene rings is 1. The second-order valence-electron chi connectivity index (χ2n) is 4.38. The molecule has 0 radical (unpaired) electrons. The Bertz CT molecular complexity index is 521. The summed E-state index contributed by atoms with van der Waals surface area (Å²) in [5, 5.41) is 0. The fourth-order valence-electron chi connectivity index (χ4n) is 1.41. The van der Waals surface area contributed by atoms with Crippen LogP contribution in [0.15, 0.2) is 16.6 Å². The van der Waals surface area contributed by atoms with E-state index >= 15 is 0 Å². The number of carbonyl (C=O) groups excluding carboxylic acids is 2. The molecule has 0 atom stereocenters. The quantitative estimate of drug-likeness (QED) is 0.504. The van der Waals surface area contributed by atoms with Gasteiger partial charge in [-0.15, -0.1) is 0 Å². The van der Waals surface area contributed by atoms with Crippen molar-refractivity contribution in [3.8, 4) is 0 Å². The molecule has 7 heteroatoms. The van der Waals surface area contributed by atoms with Crippen molar-refractivity contribution in [2.24, 2.45) is 0 Å². The lowest BCUT2D eigenvalue weighted by Gasteiger charge is -2.10. The van der Waals surface area contributed by atoms with E-state index in [9.17, 15) is 14.0 Å². The van der Waals surface area contributed by atoms with E-state index in [1.54, 1.807) is 14.1 Å². The molecule has 0 saturated carbocycles. The molecule has 1 amide bonds. The zero-order valence-electron chi connectivity index (χ0n) is 11.3. The normalized spacial score (nSPS) is 10.2. The van der Waals surface area contributed by atoms with E-state index in [1.807, 2.05) is 0 Å². The highest BCUT2D eigenvalue weighted by molar-refractivity contribution is 9.10. The van der Waals surface area contributed by atoms with Gasteiger partial charge in [0.1, 0.15) is 5.82 Å². The summed E-state index contributed by atoms with van der Waals surface area (Å²) in [6.45, 7) is 0.113. The van der Waals surface area contributed by atoms with Crippen molar-refractivity contribution in [3.05, 3.63) is 28.0 Å². The first-order valence-corrected chi connectivity index (χ1v) is 6.74. The average Bonchev–Trinajstić information content (AvgIpc) is 2.38. The van der Waals surface area contributed by atoms with Gasteiger partial charge in [-0.3, -0.25) is 4.79 Å². The monoisotopic (exact) mass is 346 g/mol. The topological polar surface area (TPSA) is 72.6 Å². The molecule has 0 aliphatic rings. The van der Waals surface area contributed by atoms with Crippen LogP contribution >= 0.6 is 15.9 Å². The van der Waals surface area contributed by atoms with Crippen LogP contribution in [0.4, 0.5) is 10.1 Å². The van der Waals surface area contributed by atoms with E-state index in [-0.39, 0.29) is 28.2 Å². The second kappa shape index (κ2) is 7.23. The highest BCUT2D eigenvalue weighted by atomic mass is 79.9. The fraction of sp³-hybridized carbons (Fsp3) is 0.385. The number of hydrogen-bond acceptors (Lipinski definition) is 4. The van der Waals surface area contributed by atoms with Gasteiger partial charge < -0.3 is 15.4 Å². The molecule has 0 unspecified atom stereocenters. The first-order valence-electron chi connectivity index (χ1n) is 5.94. The van der Waals surface area contributed by atoms with E-state index < -0.39 is 11.8 Å².